The molecule has 3 aromatic carbocycles. The summed E-state index contributed by atoms with van der Waals surface area (Å²) in [5.74, 6) is -0.550. The zero-order chi connectivity index (χ0) is 30.9. The number of rotatable bonds is 14. The van der Waals surface area contributed by atoms with Gasteiger partial charge in [-0.25, -0.2) is 8.42 Å². The zero-order valence-electron chi connectivity index (χ0n) is 23.9. The lowest BCUT2D eigenvalue weighted by Gasteiger charge is -2.33. The monoisotopic (exact) mass is 651 g/mol. The quantitative estimate of drug-likeness (QED) is 0.209. The number of benzene rings is 3. The van der Waals surface area contributed by atoms with Gasteiger partial charge in [-0.05, 0) is 67.3 Å². The third-order valence-corrected chi connectivity index (χ3v) is 9.06. The Bertz CT molecular complexity index is 1450. The maximum Gasteiger partial charge on any atom is 0.243 e. The summed E-state index contributed by atoms with van der Waals surface area (Å²) in [7, 11) is -3.62. The molecule has 226 valence electrons. The average molecular weight is 653 g/mol. The fourth-order valence-electron chi connectivity index (χ4n) is 4.44. The number of nitrogens with one attached hydrogen (secondary N) is 1. The van der Waals surface area contributed by atoms with Crippen LogP contribution in [0.15, 0.2) is 72.8 Å². The third kappa shape index (κ3) is 9.90. The number of sulfonamides is 1. The maximum absolute atomic E-state index is 13.9. The summed E-state index contributed by atoms with van der Waals surface area (Å²) in [6.45, 7) is 4.09. The molecule has 0 saturated carbocycles. The van der Waals surface area contributed by atoms with E-state index in [2.05, 4.69) is 5.32 Å². The molecule has 0 spiro atoms. The van der Waals surface area contributed by atoms with Crippen molar-refractivity contribution < 1.29 is 18.0 Å². The number of carbonyl (C=O) groups excluding carboxylic acids is 2. The van der Waals surface area contributed by atoms with Crippen molar-refractivity contribution >= 4 is 62.3 Å². The van der Waals surface area contributed by atoms with E-state index in [9.17, 15) is 18.0 Å². The third-order valence-electron chi connectivity index (χ3n) is 6.88. The normalized spacial score (nSPS) is 12.8. The Morgan fingerprint density at radius 1 is 0.905 bits per heavy atom. The van der Waals surface area contributed by atoms with Crippen molar-refractivity contribution in [3.63, 3.8) is 0 Å². The van der Waals surface area contributed by atoms with Crippen LogP contribution < -0.4 is 9.62 Å². The van der Waals surface area contributed by atoms with E-state index in [-0.39, 0.29) is 43.8 Å². The van der Waals surface area contributed by atoms with E-state index in [1.54, 1.807) is 47.4 Å². The van der Waals surface area contributed by atoms with E-state index in [1.165, 1.54) is 4.31 Å². The smallest absolute Gasteiger partial charge is 0.243 e. The molecule has 3 aromatic rings. The Kier molecular flexibility index (Phi) is 12.5. The van der Waals surface area contributed by atoms with Crippen LogP contribution in [-0.4, -0.2) is 50.0 Å². The van der Waals surface area contributed by atoms with Crippen molar-refractivity contribution in [3.05, 3.63) is 99.0 Å². The second kappa shape index (κ2) is 15.6. The first-order valence-corrected chi connectivity index (χ1v) is 16.7. The minimum Gasteiger partial charge on any atom is -0.352 e. The molecule has 2 atom stereocenters. The Balaban J connectivity index is 1.91. The zero-order valence-corrected chi connectivity index (χ0v) is 27.0. The van der Waals surface area contributed by atoms with Gasteiger partial charge < -0.3 is 10.2 Å². The Labute approximate surface area is 263 Å². The van der Waals surface area contributed by atoms with E-state index in [4.69, 9.17) is 34.8 Å². The largest absolute Gasteiger partial charge is 0.352 e. The molecule has 42 heavy (non-hydrogen) atoms. The molecule has 0 bridgehead atoms. The molecular formula is C31H36Cl3N3O4S. The highest BCUT2D eigenvalue weighted by Gasteiger charge is 2.31. The summed E-state index contributed by atoms with van der Waals surface area (Å²) in [5.41, 5.74) is 2.07. The highest BCUT2D eigenvalue weighted by molar-refractivity contribution is 7.92. The van der Waals surface area contributed by atoms with Crippen molar-refractivity contribution in [3.8, 4) is 0 Å². The molecule has 0 heterocycles. The van der Waals surface area contributed by atoms with Crippen LogP contribution >= 0.6 is 34.8 Å². The van der Waals surface area contributed by atoms with Gasteiger partial charge in [-0.15, -0.1) is 0 Å². The van der Waals surface area contributed by atoms with Gasteiger partial charge in [0.25, 0.3) is 0 Å². The molecule has 7 nitrogen and oxygen atoms in total. The lowest BCUT2D eigenvalue weighted by molar-refractivity contribution is -0.141. The SMILES string of the molecule is CC[C@@H](C)NC(=O)[C@H](Cc1ccccc1)N(Cc1ccc(Cl)c(Cl)c1)C(=O)CCCN(c1ccc(Cl)cc1)S(C)(=O)=O. The van der Waals surface area contributed by atoms with Crippen molar-refractivity contribution in [1.82, 2.24) is 10.2 Å². The van der Waals surface area contributed by atoms with Crippen LogP contribution in [0, 0.1) is 0 Å². The van der Waals surface area contributed by atoms with Gasteiger partial charge in [0.15, 0.2) is 0 Å². The summed E-state index contributed by atoms with van der Waals surface area (Å²) in [6, 6.07) is 20.2. The molecular weight excluding hydrogens is 617 g/mol. The lowest BCUT2D eigenvalue weighted by atomic mass is 10.0. The van der Waals surface area contributed by atoms with E-state index in [0.29, 0.717) is 32.7 Å². The van der Waals surface area contributed by atoms with Gasteiger partial charge in [-0.2, -0.15) is 0 Å². The van der Waals surface area contributed by atoms with Crippen LogP contribution in [0.1, 0.15) is 44.2 Å². The molecule has 0 aliphatic heterocycles. The van der Waals surface area contributed by atoms with Gasteiger partial charge in [-0.1, -0.05) is 78.1 Å². The van der Waals surface area contributed by atoms with Gasteiger partial charge in [0.2, 0.25) is 21.8 Å². The summed E-state index contributed by atoms with van der Waals surface area (Å²) in [5, 5.41) is 4.25. The van der Waals surface area contributed by atoms with Gasteiger partial charge in [-0.3, -0.25) is 13.9 Å². The van der Waals surface area contributed by atoms with Crippen molar-refractivity contribution in [2.45, 2.75) is 58.2 Å². The minimum atomic E-state index is -3.62. The fourth-order valence-corrected chi connectivity index (χ4v) is 5.85. The number of halogens is 3. The maximum atomic E-state index is 13.9. The molecule has 0 radical (unpaired) electrons. The van der Waals surface area contributed by atoms with Crippen LogP contribution in [0.2, 0.25) is 15.1 Å². The lowest BCUT2D eigenvalue weighted by Crippen LogP contribution is -2.52. The molecule has 0 fully saturated rings. The van der Waals surface area contributed by atoms with Gasteiger partial charge >= 0.3 is 0 Å². The number of amides is 2. The molecule has 0 aromatic heterocycles. The first kappa shape index (κ1) is 33.7. The van der Waals surface area contributed by atoms with Crippen molar-refractivity contribution in [1.29, 1.82) is 0 Å². The van der Waals surface area contributed by atoms with Crippen LogP contribution in [0.4, 0.5) is 5.69 Å². The summed E-state index contributed by atoms with van der Waals surface area (Å²) >= 11 is 18.4. The number of hydrogen-bond donors (Lipinski definition) is 1. The Hall–Kier alpha value is -2.78. The second-order valence-corrected chi connectivity index (χ2v) is 13.4. The summed E-state index contributed by atoms with van der Waals surface area (Å²) < 4.78 is 26.4. The fraction of sp³-hybridized carbons (Fsp3) is 0.355. The molecule has 0 aliphatic rings. The number of nitrogens with zero attached hydrogens (tertiary/aromatic N) is 2. The first-order chi connectivity index (χ1) is 19.9. The highest BCUT2D eigenvalue weighted by atomic mass is 35.5. The molecule has 0 unspecified atom stereocenters. The topological polar surface area (TPSA) is 86.8 Å². The van der Waals surface area contributed by atoms with E-state index in [0.717, 1.165) is 18.2 Å². The van der Waals surface area contributed by atoms with E-state index >= 15 is 0 Å². The standard InChI is InChI=1S/C31H36Cl3N3O4S/c1-4-22(2)35-31(39)29(20-23-9-6-5-7-10-23)36(21-24-12-17-27(33)28(34)19-24)30(38)11-8-18-37(42(3,40)41)26-15-13-25(32)14-16-26/h5-7,9-10,12-17,19,22,29H,4,8,11,18,20-21H2,1-3H3,(H,35,39)/t22-,29+/m1/s1. The molecule has 3 rings (SSSR count). The molecule has 1 N–H and O–H groups in total. The first-order valence-electron chi connectivity index (χ1n) is 13.7. The summed E-state index contributed by atoms with van der Waals surface area (Å²) in [6.07, 6.45) is 2.41. The Morgan fingerprint density at radius 3 is 2.17 bits per heavy atom. The van der Waals surface area contributed by atoms with Crippen LogP contribution in [0.5, 0.6) is 0 Å². The predicted molar refractivity (Wildman–Crippen MR) is 172 cm³/mol. The van der Waals surface area contributed by atoms with Crippen molar-refractivity contribution in [2.75, 3.05) is 17.1 Å². The van der Waals surface area contributed by atoms with Crippen molar-refractivity contribution in [2.24, 2.45) is 0 Å². The van der Waals surface area contributed by atoms with E-state index < -0.39 is 16.1 Å². The predicted octanol–water partition coefficient (Wildman–Crippen LogP) is 6.75. The van der Waals surface area contributed by atoms with Crippen LogP contribution in [0.3, 0.4) is 0 Å². The summed E-state index contributed by atoms with van der Waals surface area (Å²) in [4.78, 5) is 29.1. The molecule has 11 heteroatoms. The van der Waals surface area contributed by atoms with E-state index in [1.807, 2.05) is 44.2 Å². The number of carbonyl (C=O) groups is 2. The van der Waals surface area contributed by atoms with Gasteiger partial charge in [0.05, 0.1) is 22.0 Å². The van der Waals surface area contributed by atoms with Crippen LogP contribution in [0.25, 0.3) is 0 Å². The molecule has 2 amide bonds. The molecule has 0 aliphatic carbocycles. The van der Waals surface area contributed by atoms with Gasteiger partial charge in [0.1, 0.15) is 6.04 Å². The molecule has 0 saturated heterocycles. The van der Waals surface area contributed by atoms with Gasteiger partial charge in [0, 0.05) is 37.0 Å². The highest BCUT2D eigenvalue weighted by Crippen LogP contribution is 2.25. The minimum absolute atomic E-state index is 0.0167. The Morgan fingerprint density at radius 2 is 1.57 bits per heavy atom. The van der Waals surface area contributed by atoms with Crippen LogP contribution in [-0.2, 0) is 32.6 Å². The number of anilines is 1. The second-order valence-electron chi connectivity index (χ2n) is 10.2. The number of hydrogen-bond acceptors (Lipinski definition) is 4. The average Bonchev–Trinajstić information content (AvgIpc) is 2.95.